The predicted octanol–water partition coefficient (Wildman–Crippen LogP) is 7.34. The van der Waals surface area contributed by atoms with Crippen molar-refractivity contribution in [1.82, 2.24) is 14.9 Å². The Labute approximate surface area is 201 Å². The molecule has 6 heteroatoms. The summed E-state index contributed by atoms with van der Waals surface area (Å²) < 4.78 is 0. The molecule has 4 rings (SSSR count). The van der Waals surface area contributed by atoms with Gasteiger partial charge in [0.15, 0.2) is 5.15 Å². The topological polar surface area (TPSA) is 41.1 Å². The van der Waals surface area contributed by atoms with Gasteiger partial charge >= 0.3 is 0 Å². The molecule has 1 aliphatic rings. The van der Waals surface area contributed by atoms with Crippen LogP contribution in [0.25, 0.3) is 0 Å². The Morgan fingerprint density at radius 1 is 1.09 bits per heavy atom. The molecule has 168 valence electrons. The van der Waals surface area contributed by atoms with Crippen LogP contribution in [0.4, 0.5) is 11.6 Å². The molecule has 1 N–H and O–H groups in total. The lowest BCUT2D eigenvalue weighted by molar-refractivity contribution is 0.204. The summed E-state index contributed by atoms with van der Waals surface area (Å²) in [5.74, 6) is 1.43. The minimum atomic E-state index is 0.255. The molecule has 0 amide bonds. The smallest absolute Gasteiger partial charge is 0.228 e. The molecule has 0 radical (unpaired) electrons. The Balaban J connectivity index is 1.50. The number of rotatable bonds is 6. The summed E-state index contributed by atoms with van der Waals surface area (Å²) in [5, 5.41) is 3.96. The summed E-state index contributed by atoms with van der Waals surface area (Å²) in [4.78, 5) is 11.1. The summed E-state index contributed by atoms with van der Waals surface area (Å²) in [5.41, 5.74) is 6.46. The molecule has 1 aromatic heterocycles. The Morgan fingerprint density at radius 2 is 1.81 bits per heavy atom. The van der Waals surface area contributed by atoms with Crippen molar-refractivity contribution in [3.8, 4) is 0 Å². The van der Waals surface area contributed by atoms with Gasteiger partial charge in [-0.3, -0.25) is 4.90 Å². The number of nitrogens with one attached hydrogen (secondary N) is 1. The van der Waals surface area contributed by atoms with Crippen LogP contribution in [0.1, 0.15) is 60.8 Å². The van der Waals surface area contributed by atoms with Crippen LogP contribution >= 0.6 is 23.2 Å². The summed E-state index contributed by atoms with van der Waals surface area (Å²) in [6.07, 6.45) is 3.90. The van der Waals surface area contributed by atoms with Gasteiger partial charge in [-0.1, -0.05) is 73.4 Å². The third-order valence-electron chi connectivity index (χ3n) is 6.28. The Bertz CT molecular complexity index is 1060. The standard InChI is InChI=1S/C26H30Cl2N4/c1-17(2)21-14-22(18(3)13-24(21)30-26-29-15-23(27)25(28)31-26)20-9-11-32(12-10-20)16-19-7-5-4-6-8-19/h4-8,13-15,17,20H,9-12,16H2,1-3H3,(H,29,30,31). The first-order chi connectivity index (χ1) is 15.4. The highest BCUT2D eigenvalue weighted by atomic mass is 35.5. The molecule has 0 spiro atoms. The lowest BCUT2D eigenvalue weighted by Crippen LogP contribution is -2.32. The zero-order valence-corrected chi connectivity index (χ0v) is 20.4. The van der Waals surface area contributed by atoms with Crippen LogP contribution in [0.2, 0.25) is 10.2 Å². The highest BCUT2D eigenvalue weighted by Crippen LogP contribution is 2.37. The van der Waals surface area contributed by atoms with Crippen molar-refractivity contribution in [2.24, 2.45) is 0 Å². The lowest BCUT2D eigenvalue weighted by Gasteiger charge is -2.33. The van der Waals surface area contributed by atoms with Gasteiger partial charge in [-0.25, -0.2) is 4.98 Å². The van der Waals surface area contributed by atoms with Crippen molar-refractivity contribution >= 4 is 34.8 Å². The van der Waals surface area contributed by atoms with E-state index >= 15 is 0 Å². The summed E-state index contributed by atoms with van der Waals surface area (Å²) in [7, 11) is 0. The van der Waals surface area contributed by atoms with E-state index in [9.17, 15) is 0 Å². The van der Waals surface area contributed by atoms with Crippen molar-refractivity contribution in [3.63, 3.8) is 0 Å². The van der Waals surface area contributed by atoms with Crippen molar-refractivity contribution in [1.29, 1.82) is 0 Å². The van der Waals surface area contributed by atoms with Crippen molar-refractivity contribution in [2.45, 2.75) is 52.0 Å². The van der Waals surface area contributed by atoms with Crippen molar-refractivity contribution in [2.75, 3.05) is 18.4 Å². The number of hydrogen-bond acceptors (Lipinski definition) is 4. The average molecular weight is 469 g/mol. The molecular formula is C26H30Cl2N4. The molecule has 0 aliphatic carbocycles. The lowest BCUT2D eigenvalue weighted by atomic mass is 9.84. The van der Waals surface area contributed by atoms with E-state index in [-0.39, 0.29) is 5.15 Å². The Kier molecular flexibility index (Phi) is 7.34. The fraction of sp³-hybridized carbons (Fsp3) is 0.385. The molecule has 1 aliphatic heterocycles. The van der Waals surface area contributed by atoms with Crippen LogP contribution in [-0.4, -0.2) is 28.0 Å². The molecule has 2 aromatic carbocycles. The van der Waals surface area contributed by atoms with Crippen LogP contribution in [0, 0.1) is 6.92 Å². The van der Waals surface area contributed by atoms with Crippen LogP contribution < -0.4 is 5.32 Å². The predicted molar refractivity (Wildman–Crippen MR) is 134 cm³/mol. The number of hydrogen-bond donors (Lipinski definition) is 1. The van der Waals surface area contributed by atoms with Gasteiger partial charge in [-0.2, -0.15) is 4.98 Å². The summed E-state index contributed by atoms with van der Waals surface area (Å²) >= 11 is 12.0. The number of aryl methyl sites for hydroxylation is 1. The van der Waals surface area contributed by atoms with Gasteiger partial charge in [0.25, 0.3) is 0 Å². The minimum absolute atomic E-state index is 0.255. The van der Waals surface area contributed by atoms with Gasteiger partial charge < -0.3 is 5.32 Å². The molecule has 0 unspecified atom stereocenters. The van der Waals surface area contributed by atoms with Crippen molar-refractivity contribution in [3.05, 3.63) is 81.1 Å². The Hall–Kier alpha value is -2.14. The molecule has 0 saturated carbocycles. The summed E-state index contributed by atoms with van der Waals surface area (Å²) in [6.45, 7) is 9.95. The fourth-order valence-electron chi connectivity index (χ4n) is 4.54. The summed E-state index contributed by atoms with van der Waals surface area (Å²) in [6, 6.07) is 15.4. The van der Waals surface area contributed by atoms with E-state index in [0.717, 1.165) is 25.3 Å². The van der Waals surface area contributed by atoms with Crippen LogP contribution in [0.3, 0.4) is 0 Å². The molecule has 1 fully saturated rings. The minimum Gasteiger partial charge on any atom is -0.324 e. The van der Waals surface area contributed by atoms with E-state index in [1.54, 1.807) is 0 Å². The van der Waals surface area contributed by atoms with Gasteiger partial charge in [0.1, 0.15) is 0 Å². The second-order valence-electron chi connectivity index (χ2n) is 8.94. The van der Waals surface area contributed by atoms with Crippen molar-refractivity contribution < 1.29 is 0 Å². The SMILES string of the molecule is Cc1cc(Nc2ncc(Cl)c(Cl)n2)c(C(C)C)cc1C1CCN(Cc2ccccc2)CC1. The average Bonchev–Trinajstić information content (AvgIpc) is 2.78. The van der Waals surface area contributed by atoms with Crippen LogP contribution in [0.15, 0.2) is 48.7 Å². The van der Waals surface area contributed by atoms with Crippen LogP contribution in [-0.2, 0) is 6.54 Å². The first-order valence-electron chi connectivity index (χ1n) is 11.3. The molecule has 1 saturated heterocycles. The van der Waals surface area contributed by atoms with E-state index in [1.807, 2.05) is 0 Å². The van der Waals surface area contributed by atoms with E-state index in [2.05, 4.69) is 83.4 Å². The molecule has 3 aromatic rings. The monoisotopic (exact) mass is 468 g/mol. The van der Waals surface area contributed by atoms with E-state index in [1.165, 1.54) is 41.3 Å². The number of halogens is 2. The van der Waals surface area contributed by atoms with E-state index < -0.39 is 0 Å². The second kappa shape index (κ2) is 10.2. The molecule has 0 atom stereocenters. The molecule has 2 heterocycles. The van der Waals surface area contributed by atoms with Gasteiger partial charge in [0.2, 0.25) is 5.95 Å². The number of aromatic nitrogens is 2. The quantitative estimate of drug-likeness (QED) is 0.384. The highest BCUT2D eigenvalue weighted by Gasteiger charge is 2.23. The molecular weight excluding hydrogens is 439 g/mol. The third-order valence-corrected chi connectivity index (χ3v) is 6.95. The van der Waals surface area contributed by atoms with E-state index in [0.29, 0.717) is 22.8 Å². The normalized spacial score (nSPS) is 15.3. The fourth-order valence-corrected chi connectivity index (χ4v) is 4.76. The number of likely N-dealkylation sites (tertiary alicyclic amines) is 1. The van der Waals surface area contributed by atoms with Gasteiger partial charge in [0, 0.05) is 12.2 Å². The Morgan fingerprint density at radius 3 is 2.47 bits per heavy atom. The zero-order valence-electron chi connectivity index (χ0n) is 18.9. The maximum absolute atomic E-state index is 6.08. The van der Waals surface area contributed by atoms with Gasteiger partial charge in [0.05, 0.1) is 11.2 Å². The number of piperidine rings is 1. The van der Waals surface area contributed by atoms with E-state index in [4.69, 9.17) is 23.2 Å². The molecule has 4 nitrogen and oxygen atoms in total. The van der Waals surface area contributed by atoms with Gasteiger partial charge in [-0.05, 0) is 73.0 Å². The first kappa shape index (κ1) is 23.0. The third kappa shape index (κ3) is 5.43. The zero-order chi connectivity index (χ0) is 22.7. The van der Waals surface area contributed by atoms with Gasteiger partial charge in [-0.15, -0.1) is 0 Å². The maximum atomic E-state index is 6.08. The first-order valence-corrected chi connectivity index (χ1v) is 12.0. The molecule has 0 bridgehead atoms. The number of benzene rings is 2. The number of anilines is 2. The highest BCUT2D eigenvalue weighted by molar-refractivity contribution is 6.41. The van der Waals surface area contributed by atoms with Crippen LogP contribution in [0.5, 0.6) is 0 Å². The molecule has 32 heavy (non-hydrogen) atoms. The second-order valence-corrected chi connectivity index (χ2v) is 9.71. The largest absolute Gasteiger partial charge is 0.324 e. The number of nitrogens with zero attached hydrogens (tertiary/aromatic N) is 3. The maximum Gasteiger partial charge on any atom is 0.228 e.